The van der Waals surface area contributed by atoms with Gasteiger partial charge in [0.2, 0.25) is 0 Å². The third-order valence-corrected chi connectivity index (χ3v) is 2.64. The number of hydrogen-bond donors (Lipinski definition) is 2. The lowest BCUT2D eigenvalue weighted by Gasteiger charge is -2.11. The second-order valence-electron chi connectivity index (χ2n) is 4.03. The number of alkyl halides is 3. The molecule has 104 valence electrons. The average Bonchev–Trinajstić information content (AvgIpc) is 2.38. The van der Waals surface area contributed by atoms with Gasteiger partial charge in [-0.2, -0.15) is 0 Å². The molecule has 0 aliphatic rings. The molecule has 2 rings (SSSR count). The van der Waals surface area contributed by atoms with Crippen LogP contribution in [0.1, 0.15) is 0 Å². The molecule has 2 N–H and O–H groups in total. The van der Waals surface area contributed by atoms with E-state index in [-0.39, 0.29) is 11.2 Å². The summed E-state index contributed by atoms with van der Waals surface area (Å²) < 4.78 is 39.9. The maximum Gasteiger partial charge on any atom is 0.573 e. The monoisotopic (exact) mass is 282 g/mol. The van der Waals surface area contributed by atoms with Gasteiger partial charge in [-0.25, -0.2) is 0 Å². The van der Waals surface area contributed by atoms with Crippen LogP contribution in [0, 0.1) is 0 Å². The Morgan fingerprint density at radius 3 is 2.05 bits per heavy atom. The van der Waals surface area contributed by atoms with Gasteiger partial charge in [0.25, 0.3) is 0 Å². The van der Waals surface area contributed by atoms with Crippen LogP contribution in [0.25, 0.3) is 11.1 Å². The summed E-state index contributed by atoms with van der Waals surface area (Å²) in [5.74, 6) is -0.330. The van der Waals surface area contributed by atoms with E-state index in [0.29, 0.717) is 11.1 Å². The van der Waals surface area contributed by atoms with Crippen molar-refractivity contribution in [1.82, 2.24) is 0 Å². The first-order valence-electron chi connectivity index (χ1n) is 5.68. The fourth-order valence-corrected chi connectivity index (χ4v) is 1.82. The molecule has 0 saturated carbocycles. The van der Waals surface area contributed by atoms with Crippen molar-refractivity contribution in [2.75, 3.05) is 0 Å². The highest BCUT2D eigenvalue weighted by atomic mass is 19.4. The lowest BCUT2D eigenvalue weighted by molar-refractivity contribution is -0.274. The van der Waals surface area contributed by atoms with E-state index in [1.165, 1.54) is 30.3 Å². The predicted molar refractivity (Wildman–Crippen MR) is 68.4 cm³/mol. The summed E-state index contributed by atoms with van der Waals surface area (Å²) in [6.07, 6.45) is -4.74. The highest BCUT2D eigenvalue weighted by Gasteiger charge is 2.31. The summed E-state index contributed by atoms with van der Waals surface area (Å²) in [6.45, 7) is 0. The van der Waals surface area contributed by atoms with Crippen LogP contribution in [0.3, 0.4) is 0 Å². The molecule has 0 fully saturated rings. The molecule has 0 aromatic heterocycles. The van der Waals surface area contributed by atoms with Gasteiger partial charge < -0.3 is 14.8 Å². The zero-order valence-electron chi connectivity index (χ0n) is 10.1. The van der Waals surface area contributed by atoms with Crippen molar-refractivity contribution in [2.24, 2.45) is 0 Å². The summed E-state index contributed by atoms with van der Waals surface area (Å²) in [6, 6.07) is 11.7. The minimum atomic E-state index is -4.74. The topological polar surface area (TPSA) is 49.7 Å². The van der Waals surface area contributed by atoms with E-state index in [1.54, 1.807) is 18.2 Å². The second kappa shape index (κ2) is 5.56. The van der Waals surface area contributed by atoms with Gasteiger partial charge in [-0.1, -0.05) is 36.4 Å². The van der Waals surface area contributed by atoms with E-state index >= 15 is 0 Å². The SMILES string of the molecule is OB(O)c1ccccc1-c1ccc(OC(F)(F)F)cc1. The Labute approximate surface area is 113 Å². The van der Waals surface area contributed by atoms with Crippen molar-refractivity contribution in [3.63, 3.8) is 0 Å². The number of hydrogen-bond acceptors (Lipinski definition) is 3. The molecular weight excluding hydrogens is 272 g/mol. The normalized spacial score (nSPS) is 11.2. The Balaban J connectivity index is 2.31. The van der Waals surface area contributed by atoms with Crippen LogP contribution in [0.5, 0.6) is 5.75 Å². The van der Waals surface area contributed by atoms with Crippen LogP contribution in [0.4, 0.5) is 13.2 Å². The Hall–Kier alpha value is -1.99. The molecule has 0 amide bonds. The minimum Gasteiger partial charge on any atom is -0.423 e. The lowest BCUT2D eigenvalue weighted by atomic mass is 9.75. The van der Waals surface area contributed by atoms with Crippen LogP contribution in [-0.2, 0) is 0 Å². The number of benzene rings is 2. The molecule has 0 bridgehead atoms. The largest absolute Gasteiger partial charge is 0.573 e. The van der Waals surface area contributed by atoms with E-state index in [1.807, 2.05) is 0 Å². The molecule has 0 aliphatic heterocycles. The Morgan fingerprint density at radius 1 is 0.900 bits per heavy atom. The van der Waals surface area contributed by atoms with Crippen LogP contribution in [0.2, 0.25) is 0 Å². The van der Waals surface area contributed by atoms with Gasteiger partial charge in [0, 0.05) is 0 Å². The Morgan fingerprint density at radius 2 is 1.50 bits per heavy atom. The molecule has 0 heterocycles. The summed E-state index contributed by atoms with van der Waals surface area (Å²) in [5.41, 5.74) is 1.36. The molecule has 0 spiro atoms. The van der Waals surface area contributed by atoms with Crippen LogP contribution < -0.4 is 10.2 Å². The second-order valence-corrected chi connectivity index (χ2v) is 4.03. The quantitative estimate of drug-likeness (QED) is 0.846. The molecule has 2 aromatic carbocycles. The van der Waals surface area contributed by atoms with Crippen LogP contribution in [-0.4, -0.2) is 23.5 Å². The van der Waals surface area contributed by atoms with Crippen molar-refractivity contribution in [3.05, 3.63) is 48.5 Å². The van der Waals surface area contributed by atoms with Gasteiger partial charge in [0.15, 0.2) is 0 Å². The highest BCUT2D eigenvalue weighted by molar-refractivity contribution is 6.60. The first kappa shape index (κ1) is 14.4. The van der Waals surface area contributed by atoms with Crippen molar-refractivity contribution in [2.45, 2.75) is 6.36 Å². The summed E-state index contributed by atoms with van der Waals surface area (Å²) in [7, 11) is -1.66. The molecule has 0 unspecified atom stereocenters. The molecular formula is C13H10BF3O3. The first-order valence-corrected chi connectivity index (χ1v) is 5.68. The smallest absolute Gasteiger partial charge is 0.423 e. The van der Waals surface area contributed by atoms with E-state index in [0.717, 1.165) is 0 Å². The van der Waals surface area contributed by atoms with Gasteiger partial charge in [0.05, 0.1) is 0 Å². The van der Waals surface area contributed by atoms with Crippen LogP contribution >= 0.6 is 0 Å². The van der Waals surface area contributed by atoms with Crippen molar-refractivity contribution >= 4 is 12.6 Å². The molecule has 2 aromatic rings. The summed E-state index contributed by atoms with van der Waals surface area (Å²) in [4.78, 5) is 0. The van der Waals surface area contributed by atoms with E-state index in [9.17, 15) is 23.2 Å². The molecule has 0 radical (unpaired) electrons. The van der Waals surface area contributed by atoms with Gasteiger partial charge in [-0.3, -0.25) is 0 Å². The molecule has 0 saturated heterocycles. The fraction of sp³-hybridized carbons (Fsp3) is 0.0769. The predicted octanol–water partition coefficient (Wildman–Crippen LogP) is 1.93. The molecule has 0 aliphatic carbocycles. The van der Waals surface area contributed by atoms with Gasteiger partial charge in [0.1, 0.15) is 5.75 Å². The molecule has 20 heavy (non-hydrogen) atoms. The zero-order chi connectivity index (χ0) is 14.8. The third kappa shape index (κ3) is 3.52. The Kier molecular flexibility index (Phi) is 4.01. The number of halogens is 3. The molecule has 3 nitrogen and oxygen atoms in total. The first-order chi connectivity index (χ1) is 9.37. The zero-order valence-corrected chi connectivity index (χ0v) is 10.1. The van der Waals surface area contributed by atoms with Crippen LogP contribution in [0.15, 0.2) is 48.5 Å². The minimum absolute atomic E-state index is 0.275. The van der Waals surface area contributed by atoms with E-state index in [2.05, 4.69) is 4.74 Å². The average molecular weight is 282 g/mol. The summed E-state index contributed by atoms with van der Waals surface area (Å²) >= 11 is 0. The van der Waals surface area contributed by atoms with Crippen molar-refractivity contribution in [1.29, 1.82) is 0 Å². The molecule has 0 atom stereocenters. The van der Waals surface area contributed by atoms with Gasteiger partial charge >= 0.3 is 13.5 Å². The number of rotatable bonds is 3. The lowest BCUT2D eigenvalue weighted by Crippen LogP contribution is -2.31. The summed E-state index contributed by atoms with van der Waals surface area (Å²) in [5, 5.41) is 18.5. The number of ether oxygens (including phenoxy) is 1. The third-order valence-electron chi connectivity index (χ3n) is 2.64. The maximum atomic E-state index is 12.0. The van der Waals surface area contributed by atoms with Gasteiger partial charge in [-0.15, -0.1) is 13.2 Å². The Bertz CT molecular complexity index is 582. The van der Waals surface area contributed by atoms with E-state index in [4.69, 9.17) is 0 Å². The molecule has 7 heteroatoms. The fourth-order valence-electron chi connectivity index (χ4n) is 1.82. The maximum absolute atomic E-state index is 12.0. The van der Waals surface area contributed by atoms with E-state index < -0.39 is 13.5 Å². The standard InChI is InChI=1S/C13H10BF3O3/c15-13(16,17)20-10-7-5-9(6-8-10)11-3-1-2-4-12(11)14(18)19/h1-8,18-19H. The van der Waals surface area contributed by atoms with Gasteiger partial charge in [-0.05, 0) is 28.7 Å². The highest BCUT2D eigenvalue weighted by Crippen LogP contribution is 2.25. The van der Waals surface area contributed by atoms with Crippen molar-refractivity contribution in [3.8, 4) is 16.9 Å². The van der Waals surface area contributed by atoms with Crippen molar-refractivity contribution < 1.29 is 28.0 Å².